The van der Waals surface area contributed by atoms with Gasteiger partial charge in [-0.05, 0) is 36.5 Å². The number of nitrogens with zero attached hydrogens (tertiary/aromatic N) is 2. The highest BCUT2D eigenvalue weighted by atomic mass is 16.2. The quantitative estimate of drug-likeness (QED) is 0.755. The number of aromatic nitrogens is 1. The van der Waals surface area contributed by atoms with Crippen LogP contribution in [0.3, 0.4) is 0 Å². The first kappa shape index (κ1) is 21.0. The highest BCUT2D eigenvalue weighted by molar-refractivity contribution is 5.90. The molecular weight excluding hydrogens is 364 g/mol. The van der Waals surface area contributed by atoms with Gasteiger partial charge in [-0.25, -0.2) is 0 Å². The zero-order valence-corrected chi connectivity index (χ0v) is 17.1. The van der Waals surface area contributed by atoms with Crippen molar-refractivity contribution in [3.8, 4) is 0 Å². The van der Waals surface area contributed by atoms with Gasteiger partial charge < -0.3 is 16.0 Å². The summed E-state index contributed by atoms with van der Waals surface area (Å²) in [4.78, 5) is 32.0. The standard InChI is InChI=1S/C23H30N4O2/c1-16(2)21(24)23(29)27-14-8-12-20(27)22(28)26-19(17-9-4-3-5-10-17)15-18-11-6-7-13-25-18/h3-7,9-11,13,16,19-21H,8,12,14-15,24H2,1-2H3,(H,26,28)/t19?,20?,21-/m0/s1. The molecule has 6 nitrogen and oxygen atoms in total. The monoisotopic (exact) mass is 394 g/mol. The van der Waals surface area contributed by atoms with E-state index in [2.05, 4.69) is 10.3 Å². The van der Waals surface area contributed by atoms with Gasteiger partial charge in [-0.2, -0.15) is 0 Å². The van der Waals surface area contributed by atoms with Crippen LogP contribution < -0.4 is 11.1 Å². The molecule has 0 spiro atoms. The first-order valence-electron chi connectivity index (χ1n) is 10.3. The third-order valence-electron chi connectivity index (χ3n) is 5.50. The van der Waals surface area contributed by atoms with E-state index < -0.39 is 12.1 Å². The number of pyridine rings is 1. The second-order valence-corrected chi connectivity index (χ2v) is 7.96. The van der Waals surface area contributed by atoms with Gasteiger partial charge in [0.25, 0.3) is 0 Å². The number of likely N-dealkylation sites (tertiary alicyclic amines) is 1. The molecule has 3 atom stereocenters. The van der Waals surface area contributed by atoms with Crippen LogP contribution in [0.4, 0.5) is 0 Å². The fraction of sp³-hybridized carbons (Fsp3) is 0.435. The zero-order chi connectivity index (χ0) is 20.8. The van der Waals surface area contributed by atoms with E-state index in [1.165, 1.54) is 0 Å². The molecule has 3 rings (SSSR count). The molecule has 2 unspecified atom stereocenters. The number of nitrogens with two attached hydrogens (primary N) is 1. The second kappa shape index (κ2) is 9.65. The number of benzene rings is 1. The maximum Gasteiger partial charge on any atom is 0.243 e. The summed E-state index contributed by atoms with van der Waals surface area (Å²) in [6.45, 7) is 4.42. The summed E-state index contributed by atoms with van der Waals surface area (Å²) in [5.74, 6) is -0.233. The van der Waals surface area contributed by atoms with Crippen molar-refractivity contribution < 1.29 is 9.59 Å². The van der Waals surface area contributed by atoms with Crippen LogP contribution in [-0.4, -0.2) is 40.3 Å². The number of carbonyl (C=O) groups is 2. The number of nitrogens with one attached hydrogen (secondary N) is 1. The Labute approximate surface area is 172 Å². The number of carbonyl (C=O) groups excluding carboxylic acids is 2. The normalized spacial score (nSPS) is 18.5. The fourth-order valence-electron chi connectivity index (χ4n) is 3.71. The van der Waals surface area contributed by atoms with Crippen molar-refractivity contribution >= 4 is 11.8 Å². The Kier molecular flexibility index (Phi) is 6.99. The van der Waals surface area contributed by atoms with Crippen LogP contribution in [0.5, 0.6) is 0 Å². The molecule has 1 saturated heterocycles. The number of hydrogen-bond donors (Lipinski definition) is 2. The molecule has 0 bridgehead atoms. The largest absolute Gasteiger partial charge is 0.347 e. The summed E-state index contributed by atoms with van der Waals surface area (Å²) < 4.78 is 0. The second-order valence-electron chi connectivity index (χ2n) is 7.96. The molecule has 0 radical (unpaired) electrons. The minimum atomic E-state index is -0.582. The van der Waals surface area contributed by atoms with Crippen LogP contribution in [0, 0.1) is 5.92 Å². The molecule has 2 amide bonds. The molecule has 2 heterocycles. The van der Waals surface area contributed by atoms with E-state index in [9.17, 15) is 9.59 Å². The van der Waals surface area contributed by atoms with Crippen molar-refractivity contribution in [3.05, 3.63) is 66.0 Å². The molecule has 6 heteroatoms. The first-order valence-corrected chi connectivity index (χ1v) is 10.3. The van der Waals surface area contributed by atoms with Crippen molar-refractivity contribution in [2.45, 2.75) is 51.2 Å². The highest BCUT2D eigenvalue weighted by Crippen LogP contribution is 2.23. The van der Waals surface area contributed by atoms with Crippen LogP contribution in [0.25, 0.3) is 0 Å². The van der Waals surface area contributed by atoms with Crippen LogP contribution in [0.2, 0.25) is 0 Å². The minimum Gasteiger partial charge on any atom is -0.347 e. The van der Waals surface area contributed by atoms with Gasteiger partial charge in [-0.1, -0.05) is 50.2 Å². The molecule has 1 aromatic heterocycles. The molecular formula is C23H30N4O2. The summed E-state index contributed by atoms with van der Waals surface area (Å²) in [7, 11) is 0. The van der Waals surface area contributed by atoms with E-state index in [0.717, 1.165) is 17.7 Å². The predicted molar refractivity (Wildman–Crippen MR) is 113 cm³/mol. The molecule has 0 aliphatic carbocycles. The molecule has 1 aliphatic rings. The summed E-state index contributed by atoms with van der Waals surface area (Å²) in [6, 6.07) is 14.4. The summed E-state index contributed by atoms with van der Waals surface area (Å²) in [6.07, 6.45) is 3.81. The summed E-state index contributed by atoms with van der Waals surface area (Å²) >= 11 is 0. The average Bonchev–Trinajstić information content (AvgIpc) is 3.23. The van der Waals surface area contributed by atoms with Gasteiger partial charge in [-0.15, -0.1) is 0 Å². The molecule has 0 saturated carbocycles. The van der Waals surface area contributed by atoms with Gasteiger partial charge in [0.05, 0.1) is 12.1 Å². The summed E-state index contributed by atoms with van der Waals surface area (Å²) in [5, 5.41) is 3.16. The lowest BCUT2D eigenvalue weighted by atomic mass is 10.0. The van der Waals surface area contributed by atoms with E-state index in [1.54, 1.807) is 11.1 Å². The molecule has 1 fully saturated rings. The van der Waals surface area contributed by atoms with E-state index >= 15 is 0 Å². The molecule has 1 aromatic carbocycles. The third kappa shape index (κ3) is 5.21. The van der Waals surface area contributed by atoms with Gasteiger partial charge in [0.15, 0.2) is 0 Å². The Balaban J connectivity index is 1.76. The van der Waals surface area contributed by atoms with Gasteiger partial charge in [0.2, 0.25) is 11.8 Å². The zero-order valence-electron chi connectivity index (χ0n) is 17.1. The number of amides is 2. The minimum absolute atomic E-state index is 0.0352. The topological polar surface area (TPSA) is 88.3 Å². The Bertz CT molecular complexity index is 810. The Morgan fingerprint density at radius 1 is 1.17 bits per heavy atom. The Morgan fingerprint density at radius 2 is 1.90 bits per heavy atom. The Hall–Kier alpha value is -2.73. The van der Waals surface area contributed by atoms with Gasteiger partial charge in [0.1, 0.15) is 6.04 Å². The number of rotatable bonds is 7. The van der Waals surface area contributed by atoms with Crippen LogP contribution in [-0.2, 0) is 16.0 Å². The highest BCUT2D eigenvalue weighted by Gasteiger charge is 2.37. The third-order valence-corrected chi connectivity index (χ3v) is 5.50. The maximum absolute atomic E-state index is 13.2. The molecule has 154 valence electrons. The molecule has 2 aromatic rings. The van der Waals surface area contributed by atoms with Gasteiger partial charge in [0, 0.05) is 24.9 Å². The summed E-state index contributed by atoms with van der Waals surface area (Å²) in [5.41, 5.74) is 7.99. The van der Waals surface area contributed by atoms with Crippen molar-refractivity contribution in [3.63, 3.8) is 0 Å². The van der Waals surface area contributed by atoms with E-state index in [0.29, 0.717) is 19.4 Å². The SMILES string of the molecule is CC(C)[C@H](N)C(=O)N1CCCC1C(=O)NC(Cc1ccccn1)c1ccccc1. The van der Waals surface area contributed by atoms with Crippen molar-refractivity contribution in [1.29, 1.82) is 0 Å². The maximum atomic E-state index is 13.2. The van der Waals surface area contributed by atoms with E-state index in [4.69, 9.17) is 5.73 Å². The van der Waals surface area contributed by atoms with E-state index in [-0.39, 0.29) is 23.8 Å². The predicted octanol–water partition coefficient (Wildman–Crippen LogP) is 2.46. The van der Waals surface area contributed by atoms with Crippen LogP contribution in [0.15, 0.2) is 54.7 Å². The Morgan fingerprint density at radius 3 is 2.55 bits per heavy atom. The lowest BCUT2D eigenvalue weighted by Gasteiger charge is -2.29. The average molecular weight is 395 g/mol. The fourth-order valence-corrected chi connectivity index (χ4v) is 3.71. The first-order chi connectivity index (χ1) is 14.0. The van der Waals surface area contributed by atoms with Gasteiger partial charge in [-0.3, -0.25) is 14.6 Å². The van der Waals surface area contributed by atoms with Crippen LogP contribution >= 0.6 is 0 Å². The van der Waals surface area contributed by atoms with Crippen molar-refractivity contribution in [2.24, 2.45) is 11.7 Å². The number of hydrogen-bond acceptors (Lipinski definition) is 4. The lowest BCUT2D eigenvalue weighted by molar-refractivity contribution is -0.140. The smallest absolute Gasteiger partial charge is 0.243 e. The van der Waals surface area contributed by atoms with Gasteiger partial charge >= 0.3 is 0 Å². The van der Waals surface area contributed by atoms with Crippen molar-refractivity contribution in [1.82, 2.24) is 15.2 Å². The van der Waals surface area contributed by atoms with E-state index in [1.807, 2.05) is 62.4 Å². The molecule has 1 aliphatic heterocycles. The molecule has 3 N–H and O–H groups in total. The van der Waals surface area contributed by atoms with Crippen molar-refractivity contribution in [2.75, 3.05) is 6.54 Å². The molecule has 29 heavy (non-hydrogen) atoms. The van der Waals surface area contributed by atoms with Crippen LogP contribution in [0.1, 0.15) is 44.0 Å². The lowest BCUT2D eigenvalue weighted by Crippen LogP contribution is -2.53.